The fourth-order valence-corrected chi connectivity index (χ4v) is 2.15. The van der Waals surface area contributed by atoms with Crippen molar-refractivity contribution in [1.82, 2.24) is 15.1 Å². The van der Waals surface area contributed by atoms with Gasteiger partial charge in [-0.15, -0.1) is 0 Å². The van der Waals surface area contributed by atoms with E-state index in [0.29, 0.717) is 5.56 Å². The van der Waals surface area contributed by atoms with Gasteiger partial charge in [-0.1, -0.05) is 39.3 Å². The van der Waals surface area contributed by atoms with Crippen LogP contribution >= 0.6 is 15.9 Å². The van der Waals surface area contributed by atoms with E-state index in [-0.39, 0.29) is 5.82 Å². The van der Waals surface area contributed by atoms with Crippen LogP contribution in [0.1, 0.15) is 11.6 Å². The number of aromatic nitrogens is 3. The molecule has 0 aliphatic rings. The Morgan fingerprint density at radius 2 is 1.95 bits per heavy atom. The summed E-state index contributed by atoms with van der Waals surface area (Å²) in [6.45, 7) is 0. The van der Waals surface area contributed by atoms with Crippen molar-refractivity contribution in [1.29, 1.82) is 0 Å². The smallest absolute Gasteiger partial charge is 0.332 e. The summed E-state index contributed by atoms with van der Waals surface area (Å²) in [5.41, 5.74) is 0.144. The summed E-state index contributed by atoms with van der Waals surface area (Å²) in [7, 11) is 0. The summed E-state index contributed by atoms with van der Waals surface area (Å²) >= 11 is 3.30. The van der Waals surface area contributed by atoms with Crippen LogP contribution in [0.5, 0.6) is 0 Å². The van der Waals surface area contributed by atoms with Gasteiger partial charge in [0.2, 0.25) is 5.82 Å². The average molecular weight is 352 g/mol. The zero-order valence-corrected chi connectivity index (χ0v) is 12.1. The molecule has 106 valence electrons. The van der Waals surface area contributed by atoms with E-state index < -0.39 is 17.5 Å². The predicted molar refractivity (Wildman–Crippen MR) is 74.7 cm³/mol. The minimum atomic E-state index is -3.43. The molecule has 21 heavy (non-hydrogen) atoms. The molecule has 2 heterocycles. The van der Waals surface area contributed by atoms with Crippen molar-refractivity contribution in [2.24, 2.45) is 0 Å². The number of halogens is 3. The molecule has 0 amide bonds. The molecule has 1 aromatic carbocycles. The maximum Gasteiger partial charge on any atom is 0.366 e. The monoisotopic (exact) mass is 351 g/mol. The molecule has 7 heteroatoms. The first kappa shape index (κ1) is 13.8. The normalized spacial score (nSPS) is 11.6. The third-order valence-electron chi connectivity index (χ3n) is 2.76. The number of benzene rings is 1. The Labute approximate surface area is 127 Å². The van der Waals surface area contributed by atoms with Crippen LogP contribution in [0.3, 0.4) is 0 Å². The van der Waals surface area contributed by atoms with Gasteiger partial charge in [0.15, 0.2) is 0 Å². The van der Waals surface area contributed by atoms with E-state index in [1.807, 2.05) is 6.07 Å². The van der Waals surface area contributed by atoms with Crippen LogP contribution in [0.15, 0.2) is 57.7 Å². The van der Waals surface area contributed by atoms with Gasteiger partial charge in [0.05, 0.1) is 0 Å². The second-order valence-corrected chi connectivity index (χ2v) is 5.14. The lowest BCUT2D eigenvalue weighted by Crippen LogP contribution is -2.17. The fraction of sp³-hybridized carbons (Fsp3) is 0.0714. The molecule has 4 nitrogen and oxygen atoms in total. The second kappa shape index (κ2) is 5.33. The zero-order valence-electron chi connectivity index (χ0n) is 10.5. The van der Waals surface area contributed by atoms with E-state index in [0.717, 1.165) is 4.47 Å². The largest absolute Gasteiger partial charge is 0.366 e. The maximum absolute atomic E-state index is 14.2. The zero-order chi connectivity index (χ0) is 14.9. The molecule has 2 aromatic heterocycles. The van der Waals surface area contributed by atoms with Gasteiger partial charge in [0.1, 0.15) is 5.69 Å². The summed E-state index contributed by atoms with van der Waals surface area (Å²) in [5, 5.41) is 3.60. The average Bonchev–Trinajstić information content (AvgIpc) is 2.99. The van der Waals surface area contributed by atoms with Gasteiger partial charge in [-0.05, 0) is 24.3 Å². The van der Waals surface area contributed by atoms with Crippen LogP contribution in [0.25, 0.3) is 11.4 Å². The van der Waals surface area contributed by atoms with Crippen LogP contribution in [0.4, 0.5) is 8.78 Å². The summed E-state index contributed by atoms with van der Waals surface area (Å²) in [4.78, 5) is 7.42. The number of pyridine rings is 1. The van der Waals surface area contributed by atoms with Gasteiger partial charge in [-0.3, -0.25) is 4.98 Å². The van der Waals surface area contributed by atoms with Crippen molar-refractivity contribution in [3.05, 3.63) is 64.7 Å². The summed E-state index contributed by atoms with van der Waals surface area (Å²) < 4.78 is 34.0. The molecule has 0 saturated heterocycles. The molecule has 3 aromatic rings. The van der Waals surface area contributed by atoms with Crippen molar-refractivity contribution in [3.63, 3.8) is 0 Å². The first-order valence-electron chi connectivity index (χ1n) is 5.97. The number of rotatable bonds is 3. The molecule has 0 spiro atoms. The van der Waals surface area contributed by atoms with Gasteiger partial charge >= 0.3 is 11.8 Å². The molecule has 0 saturated carbocycles. The van der Waals surface area contributed by atoms with Crippen LogP contribution < -0.4 is 0 Å². The van der Waals surface area contributed by atoms with Crippen molar-refractivity contribution in [3.8, 4) is 11.4 Å². The molecule has 0 fully saturated rings. The van der Waals surface area contributed by atoms with Crippen molar-refractivity contribution in [2.75, 3.05) is 0 Å². The molecule has 0 atom stereocenters. The molecule has 0 aliphatic heterocycles. The van der Waals surface area contributed by atoms with Crippen LogP contribution in [0, 0.1) is 0 Å². The van der Waals surface area contributed by atoms with Crippen molar-refractivity contribution >= 4 is 15.9 Å². The minimum absolute atomic E-state index is 0.0990. The van der Waals surface area contributed by atoms with Crippen LogP contribution in [0.2, 0.25) is 0 Å². The van der Waals surface area contributed by atoms with Gasteiger partial charge in [0.25, 0.3) is 0 Å². The third-order valence-corrected chi connectivity index (χ3v) is 3.26. The van der Waals surface area contributed by atoms with E-state index in [9.17, 15) is 8.78 Å². The number of hydrogen-bond donors (Lipinski definition) is 0. The first-order chi connectivity index (χ1) is 10.1. The Kier molecular flexibility index (Phi) is 3.50. The summed E-state index contributed by atoms with van der Waals surface area (Å²) in [6, 6.07) is 11.2. The van der Waals surface area contributed by atoms with E-state index in [4.69, 9.17) is 4.52 Å². The predicted octanol–water partition coefficient (Wildman–Crippen LogP) is 4.03. The van der Waals surface area contributed by atoms with Crippen molar-refractivity contribution < 1.29 is 13.3 Å². The number of alkyl halides is 2. The Morgan fingerprint density at radius 3 is 2.67 bits per heavy atom. The first-order valence-corrected chi connectivity index (χ1v) is 6.76. The molecule has 0 N–H and O–H groups in total. The lowest BCUT2D eigenvalue weighted by atomic mass is 10.2. The maximum atomic E-state index is 14.2. The standard InChI is InChI=1S/C14H8BrF2N3O/c15-10-5-3-4-9(8-10)12-19-13(21-20-12)14(16,17)11-6-1-2-7-18-11/h1-8H. The molecular formula is C14H8BrF2N3O. The minimum Gasteiger partial charge on any atom is -0.332 e. The fourth-order valence-electron chi connectivity index (χ4n) is 1.75. The van der Waals surface area contributed by atoms with Gasteiger partial charge in [0, 0.05) is 16.2 Å². The number of nitrogens with zero attached hydrogens (tertiary/aromatic N) is 3. The molecule has 0 radical (unpaired) electrons. The molecular weight excluding hydrogens is 344 g/mol. The Balaban J connectivity index is 1.98. The SMILES string of the molecule is FC(F)(c1ccccn1)c1nc(-c2cccc(Br)c2)no1. The quantitative estimate of drug-likeness (QED) is 0.714. The Hall–Kier alpha value is -2.15. The summed E-state index contributed by atoms with van der Waals surface area (Å²) in [6.07, 6.45) is 1.29. The van der Waals surface area contributed by atoms with Crippen LogP contribution in [-0.4, -0.2) is 15.1 Å². The molecule has 0 bridgehead atoms. The number of hydrogen-bond acceptors (Lipinski definition) is 4. The van der Waals surface area contributed by atoms with Crippen LogP contribution in [-0.2, 0) is 5.92 Å². The lowest BCUT2D eigenvalue weighted by molar-refractivity contribution is 0.00336. The molecule has 3 rings (SSSR count). The lowest BCUT2D eigenvalue weighted by Gasteiger charge is -2.09. The highest BCUT2D eigenvalue weighted by molar-refractivity contribution is 9.10. The molecule has 0 aliphatic carbocycles. The Morgan fingerprint density at radius 1 is 1.10 bits per heavy atom. The van der Waals surface area contributed by atoms with E-state index in [2.05, 4.69) is 31.1 Å². The van der Waals surface area contributed by atoms with E-state index in [1.165, 1.54) is 18.3 Å². The molecule has 0 unspecified atom stereocenters. The van der Waals surface area contributed by atoms with Crippen molar-refractivity contribution in [2.45, 2.75) is 5.92 Å². The Bertz CT molecular complexity index is 762. The topological polar surface area (TPSA) is 51.8 Å². The highest BCUT2D eigenvalue weighted by Gasteiger charge is 2.42. The second-order valence-electron chi connectivity index (χ2n) is 4.22. The van der Waals surface area contributed by atoms with Gasteiger partial charge in [-0.2, -0.15) is 13.8 Å². The third kappa shape index (κ3) is 2.69. The summed E-state index contributed by atoms with van der Waals surface area (Å²) in [5.74, 6) is -4.11. The van der Waals surface area contributed by atoms with Gasteiger partial charge < -0.3 is 4.52 Å². The highest BCUT2D eigenvalue weighted by atomic mass is 79.9. The van der Waals surface area contributed by atoms with E-state index in [1.54, 1.807) is 24.3 Å². The van der Waals surface area contributed by atoms with Gasteiger partial charge in [-0.25, -0.2) is 0 Å². The highest BCUT2D eigenvalue weighted by Crippen LogP contribution is 2.34. The van der Waals surface area contributed by atoms with E-state index >= 15 is 0 Å².